The van der Waals surface area contributed by atoms with Crippen LogP contribution in [0.15, 0.2) is 0 Å². The third-order valence-corrected chi connectivity index (χ3v) is 11.9. The molecule has 0 bridgehead atoms. The van der Waals surface area contributed by atoms with E-state index in [1.807, 2.05) is 0 Å². The Kier molecular flexibility index (Phi) is 27.3. The molecule has 1 N–H and O–H groups in total. The predicted molar refractivity (Wildman–Crippen MR) is 207 cm³/mol. The third kappa shape index (κ3) is 26.4. The van der Waals surface area contributed by atoms with Crippen molar-refractivity contribution >= 4 is 0 Å². The lowest BCUT2D eigenvalue weighted by atomic mass is 9.88. The molecule has 0 spiro atoms. The van der Waals surface area contributed by atoms with Crippen LogP contribution in [0.5, 0.6) is 0 Å². The van der Waals surface area contributed by atoms with Crippen LogP contribution in [0.3, 0.4) is 0 Å². The minimum absolute atomic E-state index is 0.0411. The van der Waals surface area contributed by atoms with Crippen LogP contribution < -0.4 is 0 Å². The zero-order chi connectivity index (χ0) is 34.9. The molecule has 282 valence electrons. The molecule has 3 heteroatoms. The van der Waals surface area contributed by atoms with Crippen molar-refractivity contribution in [2.24, 2.45) is 47.3 Å². The molecule has 0 saturated carbocycles. The van der Waals surface area contributed by atoms with Gasteiger partial charge in [-0.15, -0.1) is 0 Å². The van der Waals surface area contributed by atoms with Gasteiger partial charge in [0, 0.05) is 6.61 Å². The largest absolute Gasteiger partial charge is 0.394 e. The average molecular weight is 665 g/mol. The summed E-state index contributed by atoms with van der Waals surface area (Å²) >= 11 is 0. The summed E-state index contributed by atoms with van der Waals surface area (Å²) in [7, 11) is 0. The van der Waals surface area contributed by atoms with Crippen LogP contribution >= 0.6 is 0 Å². The van der Waals surface area contributed by atoms with Gasteiger partial charge in [0.05, 0.1) is 19.3 Å². The van der Waals surface area contributed by atoms with Crippen molar-refractivity contribution in [1.29, 1.82) is 0 Å². The van der Waals surface area contributed by atoms with Crippen molar-refractivity contribution < 1.29 is 14.6 Å². The Morgan fingerprint density at radius 2 is 0.702 bits per heavy atom. The summed E-state index contributed by atoms with van der Waals surface area (Å²) in [6.45, 7) is 23.2. The fraction of sp³-hybridized carbons (Fsp3) is 1.00. The van der Waals surface area contributed by atoms with Crippen LogP contribution in [0.1, 0.15) is 204 Å². The Morgan fingerprint density at radius 3 is 1.04 bits per heavy atom. The van der Waals surface area contributed by atoms with E-state index in [1.165, 1.54) is 128 Å². The molecule has 0 amide bonds. The molecular weight excluding hydrogens is 576 g/mol. The van der Waals surface area contributed by atoms with Crippen LogP contribution in [0.25, 0.3) is 0 Å². The molecule has 0 aromatic heterocycles. The van der Waals surface area contributed by atoms with Gasteiger partial charge in [-0.2, -0.15) is 0 Å². The van der Waals surface area contributed by atoms with Crippen molar-refractivity contribution in [3.8, 4) is 0 Å². The van der Waals surface area contributed by atoms with E-state index in [4.69, 9.17) is 9.47 Å². The van der Waals surface area contributed by atoms with Crippen LogP contribution in [0.4, 0.5) is 0 Å². The molecule has 47 heavy (non-hydrogen) atoms. The molecule has 0 aliphatic carbocycles. The number of hydrogen-bond acceptors (Lipinski definition) is 3. The molecule has 0 radical (unpaired) electrons. The van der Waals surface area contributed by atoms with Gasteiger partial charge in [-0.1, -0.05) is 184 Å². The number of hydrogen-bond donors (Lipinski definition) is 1. The van der Waals surface area contributed by atoms with E-state index < -0.39 is 0 Å². The first kappa shape index (κ1) is 44.9. The van der Waals surface area contributed by atoms with Crippen LogP contribution in [-0.2, 0) is 9.47 Å². The lowest BCUT2D eigenvalue weighted by Gasteiger charge is -2.24. The fourth-order valence-corrected chi connectivity index (χ4v) is 8.17. The fourth-order valence-electron chi connectivity index (χ4n) is 8.17. The van der Waals surface area contributed by atoms with Crippen LogP contribution in [0.2, 0.25) is 0 Å². The first-order valence-electron chi connectivity index (χ1n) is 21.3. The van der Waals surface area contributed by atoms with E-state index in [0.717, 1.165) is 55.0 Å². The molecule has 1 aliphatic heterocycles. The smallest absolute Gasteiger partial charge is 0.104 e. The summed E-state index contributed by atoms with van der Waals surface area (Å²) in [6, 6.07) is 0. The summed E-state index contributed by atoms with van der Waals surface area (Å²) < 4.78 is 12.2. The van der Waals surface area contributed by atoms with Gasteiger partial charge in [-0.3, -0.25) is 0 Å². The molecule has 1 aliphatic rings. The summed E-state index contributed by atoms with van der Waals surface area (Å²) in [5, 5.41) is 9.90. The average Bonchev–Trinajstić information content (AvgIpc) is 3.01. The van der Waals surface area contributed by atoms with Gasteiger partial charge in [0.15, 0.2) is 0 Å². The molecule has 10 unspecified atom stereocenters. The second kappa shape index (κ2) is 28.6. The van der Waals surface area contributed by atoms with Crippen molar-refractivity contribution in [2.45, 2.75) is 216 Å². The SMILES string of the molecule is CC1CCCC(C)CCCC(C)CCC(C)CCCC(C)CCCC(C)CCCC(C)CC(C)OC(CO)COCCC(C)CCC1. The highest BCUT2D eigenvalue weighted by Gasteiger charge is 2.17. The van der Waals surface area contributed by atoms with Gasteiger partial charge in [-0.05, 0) is 67.1 Å². The van der Waals surface area contributed by atoms with Gasteiger partial charge in [0.25, 0.3) is 0 Å². The molecule has 1 saturated heterocycles. The zero-order valence-electron chi connectivity index (χ0n) is 33.7. The molecule has 0 aromatic carbocycles. The van der Waals surface area contributed by atoms with Crippen molar-refractivity contribution in [3.63, 3.8) is 0 Å². The van der Waals surface area contributed by atoms with E-state index in [-0.39, 0.29) is 18.8 Å². The van der Waals surface area contributed by atoms with E-state index in [1.54, 1.807) is 0 Å². The molecule has 3 nitrogen and oxygen atoms in total. The summed E-state index contributed by atoms with van der Waals surface area (Å²) in [6.07, 6.45) is 29.9. The normalized spacial score (nSPS) is 37.1. The molecular formula is C44H88O3. The van der Waals surface area contributed by atoms with Gasteiger partial charge in [0.1, 0.15) is 6.10 Å². The highest BCUT2D eigenvalue weighted by atomic mass is 16.5. The van der Waals surface area contributed by atoms with Gasteiger partial charge >= 0.3 is 0 Å². The molecule has 0 aromatic rings. The van der Waals surface area contributed by atoms with Crippen molar-refractivity contribution in [2.75, 3.05) is 19.8 Å². The summed E-state index contributed by atoms with van der Waals surface area (Å²) in [5.74, 6) is 6.61. The van der Waals surface area contributed by atoms with E-state index in [9.17, 15) is 5.11 Å². The second-order valence-corrected chi connectivity index (χ2v) is 17.9. The Labute approximate surface area is 296 Å². The highest BCUT2D eigenvalue weighted by molar-refractivity contribution is 4.67. The quantitative estimate of drug-likeness (QED) is 0.303. The summed E-state index contributed by atoms with van der Waals surface area (Å²) in [5.41, 5.74) is 0. The number of ether oxygens (including phenoxy) is 2. The standard InChI is InChI=1S/C44H88O3/c1-35-16-10-18-37(3)22-14-26-41(7)30-31-46-34-44(33-45)47-43(9)32-42(8)27-15-23-38(4)19-11-17-36(2)21-13-25-40(6)29-28-39(5)24-12-20-35/h35-45H,10-34H2,1-9H3. The maximum absolute atomic E-state index is 9.90. The highest BCUT2D eigenvalue weighted by Crippen LogP contribution is 2.27. The summed E-state index contributed by atoms with van der Waals surface area (Å²) in [4.78, 5) is 0. The lowest BCUT2D eigenvalue weighted by Crippen LogP contribution is -2.29. The molecule has 10 atom stereocenters. The molecule has 1 fully saturated rings. The number of aliphatic hydroxyl groups excluding tert-OH is 1. The van der Waals surface area contributed by atoms with Gasteiger partial charge < -0.3 is 14.6 Å². The first-order valence-corrected chi connectivity index (χ1v) is 21.3. The maximum atomic E-state index is 9.90. The Morgan fingerprint density at radius 1 is 0.404 bits per heavy atom. The maximum Gasteiger partial charge on any atom is 0.104 e. The lowest BCUT2D eigenvalue weighted by molar-refractivity contribution is -0.0792. The first-order chi connectivity index (χ1) is 22.5. The number of rotatable bonds is 1. The van der Waals surface area contributed by atoms with Crippen molar-refractivity contribution in [3.05, 3.63) is 0 Å². The topological polar surface area (TPSA) is 38.7 Å². The van der Waals surface area contributed by atoms with Gasteiger partial charge in [0.2, 0.25) is 0 Å². The third-order valence-electron chi connectivity index (χ3n) is 11.9. The molecule has 1 heterocycles. The van der Waals surface area contributed by atoms with Crippen molar-refractivity contribution in [1.82, 2.24) is 0 Å². The molecule has 1 rings (SSSR count). The minimum atomic E-state index is -0.206. The van der Waals surface area contributed by atoms with Crippen LogP contribution in [-0.4, -0.2) is 37.1 Å². The second-order valence-electron chi connectivity index (χ2n) is 17.9. The Bertz CT molecular complexity index is 681. The van der Waals surface area contributed by atoms with Gasteiger partial charge in [-0.25, -0.2) is 0 Å². The van der Waals surface area contributed by atoms with Crippen LogP contribution in [0, 0.1) is 47.3 Å². The monoisotopic (exact) mass is 665 g/mol. The Hall–Kier alpha value is -0.120. The van der Waals surface area contributed by atoms with E-state index in [2.05, 4.69) is 62.3 Å². The Balaban J connectivity index is 2.51. The zero-order valence-corrected chi connectivity index (χ0v) is 33.7. The minimum Gasteiger partial charge on any atom is -0.394 e. The van der Waals surface area contributed by atoms with E-state index >= 15 is 0 Å². The van der Waals surface area contributed by atoms with E-state index in [0.29, 0.717) is 18.4 Å². The predicted octanol–water partition coefficient (Wildman–Crippen LogP) is 13.5. The number of aliphatic hydroxyl groups is 1.